The molecule has 0 aromatic heterocycles. The molecule has 0 saturated carbocycles. The Morgan fingerprint density at radius 1 is 1.15 bits per heavy atom. The molecule has 0 radical (unpaired) electrons. The van der Waals surface area contributed by atoms with E-state index in [9.17, 15) is 9.90 Å². The van der Waals surface area contributed by atoms with E-state index in [-0.39, 0.29) is 11.7 Å². The molecule has 2 fully saturated rings. The molecular formula is C27H45N3O2S. The summed E-state index contributed by atoms with van der Waals surface area (Å²) < 4.78 is 0. The van der Waals surface area contributed by atoms with E-state index in [0.29, 0.717) is 17.6 Å². The third-order valence-corrected chi connectivity index (χ3v) is 8.52. The third-order valence-electron chi connectivity index (χ3n) is 7.45. The van der Waals surface area contributed by atoms with E-state index in [4.69, 9.17) is 0 Å². The Balaban J connectivity index is 1.50. The predicted octanol–water partition coefficient (Wildman–Crippen LogP) is 5.10. The molecular weight excluding hydrogens is 430 g/mol. The van der Waals surface area contributed by atoms with Crippen LogP contribution in [0.2, 0.25) is 0 Å². The Hall–Kier alpha value is -1.08. The van der Waals surface area contributed by atoms with Gasteiger partial charge in [-0.2, -0.15) is 0 Å². The summed E-state index contributed by atoms with van der Waals surface area (Å²) in [6, 6.07) is 10.3. The Bertz CT molecular complexity index is 709. The summed E-state index contributed by atoms with van der Waals surface area (Å²) in [4.78, 5) is 19.2. The standard InChI is InChI=1S/C27H45N3O2S/c1-4-7-16-27(17-8-5-2)26(32)30(24(6-3)28-27)19-15-22-14-18-29(20-22)25(31)21-33-23-12-10-9-11-13-23/h9-13,22,24-25,28,31H,4-8,14-21H2,1-3H3. The molecule has 3 unspecified atom stereocenters. The fourth-order valence-electron chi connectivity index (χ4n) is 5.38. The molecule has 0 aliphatic carbocycles. The minimum Gasteiger partial charge on any atom is -0.377 e. The van der Waals surface area contributed by atoms with Crippen molar-refractivity contribution in [3.63, 3.8) is 0 Å². The van der Waals surface area contributed by atoms with Crippen molar-refractivity contribution in [1.82, 2.24) is 15.1 Å². The van der Waals surface area contributed by atoms with Gasteiger partial charge in [0.2, 0.25) is 5.91 Å². The van der Waals surface area contributed by atoms with Crippen LogP contribution in [0.5, 0.6) is 0 Å². The van der Waals surface area contributed by atoms with Crippen LogP contribution in [0.25, 0.3) is 0 Å². The van der Waals surface area contributed by atoms with E-state index in [2.05, 4.69) is 48.0 Å². The number of nitrogens with zero attached hydrogens (tertiary/aromatic N) is 2. The molecule has 1 aromatic carbocycles. The molecule has 1 amide bonds. The highest BCUT2D eigenvalue weighted by molar-refractivity contribution is 7.99. The molecule has 2 aliphatic rings. The topological polar surface area (TPSA) is 55.8 Å². The van der Waals surface area contributed by atoms with Crippen LogP contribution in [0, 0.1) is 5.92 Å². The summed E-state index contributed by atoms with van der Waals surface area (Å²) in [6.07, 6.45) is 9.21. The van der Waals surface area contributed by atoms with Crippen molar-refractivity contribution < 1.29 is 9.90 Å². The molecule has 0 spiro atoms. The number of carbonyl (C=O) groups is 1. The molecule has 0 bridgehead atoms. The van der Waals surface area contributed by atoms with Gasteiger partial charge >= 0.3 is 0 Å². The van der Waals surface area contributed by atoms with E-state index in [1.807, 2.05) is 18.2 Å². The molecule has 33 heavy (non-hydrogen) atoms. The van der Waals surface area contributed by atoms with Crippen molar-refractivity contribution in [1.29, 1.82) is 0 Å². The fraction of sp³-hybridized carbons (Fsp3) is 0.741. The zero-order valence-electron chi connectivity index (χ0n) is 21.0. The van der Waals surface area contributed by atoms with Crippen LogP contribution in [0.15, 0.2) is 35.2 Å². The predicted molar refractivity (Wildman–Crippen MR) is 138 cm³/mol. The third kappa shape index (κ3) is 6.97. The van der Waals surface area contributed by atoms with Crippen LogP contribution in [-0.2, 0) is 4.79 Å². The number of hydrogen-bond donors (Lipinski definition) is 2. The van der Waals surface area contributed by atoms with Crippen molar-refractivity contribution >= 4 is 17.7 Å². The second-order valence-electron chi connectivity index (χ2n) is 9.90. The Labute approximate surface area is 205 Å². The number of rotatable bonds is 14. The zero-order valence-corrected chi connectivity index (χ0v) is 21.8. The van der Waals surface area contributed by atoms with Crippen LogP contribution in [0.4, 0.5) is 0 Å². The van der Waals surface area contributed by atoms with Gasteiger partial charge in [-0.3, -0.25) is 15.0 Å². The number of benzene rings is 1. The first-order valence-electron chi connectivity index (χ1n) is 13.2. The number of aliphatic hydroxyl groups is 1. The number of amides is 1. The Morgan fingerprint density at radius 3 is 2.48 bits per heavy atom. The average Bonchev–Trinajstić information content (AvgIpc) is 3.42. The SMILES string of the molecule is CCCCC1(CCCC)NC(CC)N(CCC2CCN(C(O)CSc3ccccc3)C2)C1=O. The lowest BCUT2D eigenvalue weighted by Gasteiger charge is -2.28. The number of carbonyl (C=O) groups excluding carboxylic acids is 1. The molecule has 5 nitrogen and oxygen atoms in total. The number of unbranched alkanes of at least 4 members (excludes halogenated alkanes) is 2. The molecule has 1 aromatic rings. The first-order valence-corrected chi connectivity index (χ1v) is 14.2. The number of nitrogens with one attached hydrogen (secondary N) is 1. The van der Waals surface area contributed by atoms with Gasteiger partial charge in [0.1, 0.15) is 6.23 Å². The summed E-state index contributed by atoms with van der Waals surface area (Å²) in [5.74, 6) is 1.58. The van der Waals surface area contributed by atoms with E-state index in [0.717, 1.165) is 77.4 Å². The van der Waals surface area contributed by atoms with E-state index >= 15 is 0 Å². The molecule has 6 heteroatoms. The van der Waals surface area contributed by atoms with Crippen molar-refractivity contribution in [3.05, 3.63) is 30.3 Å². The highest BCUT2D eigenvalue weighted by atomic mass is 32.2. The van der Waals surface area contributed by atoms with Gasteiger partial charge in [-0.05, 0) is 50.2 Å². The minimum absolute atomic E-state index is 0.164. The maximum atomic E-state index is 13.6. The van der Waals surface area contributed by atoms with E-state index < -0.39 is 6.23 Å². The van der Waals surface area contributed by atoms with Crippen molar-refractivity contribution in [2.24, 2.45) is 5.92 Å². The monoisotopic (exact) mass is 475 g/mol. The number of likely N-dealkylation sites (tertiary alicyclic amines) is 1. The summed E-state index contributed by atoms with van der Waals surface area (Å²) in [5, 5.41) is 14.5. The Kier molecular flexibility index (Phi) is 10.6. The van der Waals surface area contributed by atoms with Crippen LogP contribution < -0.4 is 5.32 Å². The van der Waals surface area contributed by atoms with Gasteiger partial charge in [-0.25, -0.2) is 0 Å². The lowest BCUT2D eigenvalue weighted by molar-refractivity contribution is -0.134. The van der Waals surface area contributed by atoms with E-state index in [1.165, 1.54) is 4.90 Å². The highest BCUT2D eigenvalue weighted by Crippen LogP contribution is 2.33. The van der Waals surface area contributed by atoms with Crippen molar-refractivity contribution in [2.75, 3.05) is 25.4 Å². The maximum absolute atomic E-state index is 13.6. The van der Waals surface area contributed by atoms with Crippen LogP contribution in [0.3, 0.4) is 0 Å². The lowest BCUT2D eigenvalue weighted by Crippen LogP contribution is -2.47. The smallest absolute Gasteiger partial charge is 0.244 e. The van der Waals surface area contributed by atoms with Gasteiger partial charge in [-0.15, -0.1) is 11.8 Å². The molecule has 2 heterocycles. The normalized spacial score (nSPS) is 24.0. The van der Waals surface area contributed by atoms with Gasteiger partial charge in [0.15, 0.2) is 0 Å². The van der Waals surface area contributed by atoms with Crippen LogP contribution in [0.1, 0.15) is 78.6 Å². The molecule has 186 valence electrons. The summed E-state index contributed by atoms with van der Waals surface area (Å²) in [6.45, 7) is 9.31. The quantitative estimate of drug-likeness (QED) is 0.367. The van der Waals surface area contributed by atoms with Gasteiger partial charge in [0.25, 0.3) is 0 Å². The van der Waals surface area contributed by atoms with Gasteiger partial charge in [-0.1, -0.05) is 64.7 Å². The average molecular weight is 476 g/mol. The number of thioether (sulfide) groups is 1. The minimum atomic E-state index is -0.408. The molecule has 3 atom stereocenters. The van der Waals surface area contributed by atoms with E-state index in [1.54, 1.807) is 11.8 Å². The largest absolute Gasteiger partial charge is 0.377 e. The first-order chi connectivity index (χ1) is 16.0. The van der Waals surface area contributed by atoms with Crippen molar-refractivity contribution in [2.45, 2.75) is 101 Å². The lowest BCUT2D eigenvalue weighted by atomic mass is 9.87. The van der Waals surface area contributed by atoms with Gasteiger partial charge in [0, 0.05) is 30.3 Å². The van der Waals surface area contributed by atoms with Crippen molar-refractivity contribution in [3.8, 4) is 0 Å². The van der Waals surface area contributed by atoms with Gasteiger partial charge in [0.05, 0.1) is 11.7 Å². The fourth-order valence-corrected chi connectivity index (χ4v) is 6.28. The number of hydrogen-bond acceptors (Lipinski definition) is 5. The van der Waals surface area contributed by atoms with Crippen LogP contribution >= 0.6 is 11.8 Å². The molecule has 2 N–H and O–H groups in total. The van der Waals surface area contributed by atoms with Gasteiger partial charge < -0.3 is 10.0 Å². The second-order valence-corrected chi connectivity index (χ2v) is 11.0. The summed E-state index contributed by atoms with van der Waals surface area (Å²) in [7, 11) is 0. The molecule has 2 aliphatic heterocycles. The number of aliphatic hydroxyl groups excluding tert-OH is 1. The molecule has 3 rings (SSSR count). The summed E-state index contributed by atoms with van der Waals surface area (Å²) in [5.41, 5.74) is -0.348. The first kappa shape index (κ1) is 26.5. The van der Waals surface area contributed by atoms with Crippen LogP contribution in [-0.4, -0.2) is 64.1 Å². The zero-order chi connectivity index (χ0) is 23.7. The maximum Gasteiger partial charge on any atom is 0.244 e. The second kappa shape index (κ2) is 13.1. The highest BCUT2D eigenvalue weighted by Gasteiger charge is 2.49. The molecule has 2 saturated heterocycles. The summed E-state index contributed by atoms with van der Waals surface area (Å²) >= 11 is 1.71. The Morgan fingerprint density at radius 2 is 1.85 bits per heavy atom.